The van der Waals surface area contributed by atoms with Gasteiger partial charge in [-0.3, -0.25) is 57.5 Å². The number of hydrogen-bond acceptors (Lipinski definition) is 31. The van der Waals surface area contributed by atoms with E-state index in [0.717, 1.165) is 251 Å². The SMILES string of the molecule is CCCCCC(=O)CCOCC(COCCC(=O)CCCCC)(COCCC(=O)NCCCC)NC(=O)CCCCCCCCCCC(=O)OC.CCCCN.CCOCC(COCC)(COCC)NC(=O)CCCCCCCCCCC(=O)OC.COC(=O)CCCCCCCCCCC(=O)NC(COCCC(=O)CCCC[NH3+])(COCCC(=O)CCCC[NH3+])COCCC(=O)NCCC[NH3+].O=C=O.O=C=O.O=C=O. The lowest BCUT2D eigenvalue weighted by molar-refractivity contribution is -0.368. The van der Waals surface area contributed by atoms with E-state index in [4.69, 9.17) is 77.1 Å². The molecule has 0 saturated heterocycles. The molecule has 854 valence electrons. The van der Waals surface area contributed by atoms with Crippen molar-refractivity contribution < 1.29 is 160 Å². The summed E-state index contributed by atoms with van der Waals surface area (Å²) in [5, 5.41) is 15.1. The summed E-state index contributed by atoms with van der Waals surface area (Å²) >= 11 is 0. The number of hydrogen-bond donors (Lipinski definition) is 9. The Morgan fingerprint density at radius 3 is 0.637 bits per heavy atom. The van der Waals surface area contributed by atoms with Crippen LogP contribution >= 0.6 is 0 Å². The van der Waals surface area contributed by atoms with Crippen LogP contribution in [0.5, 0.6) is 0 Å². The molecule has 0 aliphatic rings. The predicted molar refractivity (Wildman–Crippen MR) is 553 cm³/mol. The van der Waals surface area contributed by atoms with E-state index in [2.05, 4.69) is 85.7 Å². The monoisotopic (exact) mass is 2100 g/mol. The number of rotatable bonds is 99. The van der Waals surface area contributed by atoms with Crippen LogP contribution in [0, 0.1) is 0 Å². The van der Waals surface area contributed by atoms with Crippen molar-refractivity contribution in [3.63, 3.8) is 0 Å². The van der Waals surface area contributed by atoms with Gasteiger partial charge in [-0.1, -0.05) is 182 Å². The number of nitrogens with two attached hydrogens (primary N) is 1. The molecule has 0 unspecified atom stereocenters. The third-order valence-corrected chi connectivity index (χ3v) is 22.8. The topological polar surface area (TPSA) is 587 Å². The van der Waals surface area contributed by atoms with Crippen molar-refractivity contribution in [3.8, 4) is 0 Å². The van der Waals surface area contributed by atoms with Gasteiger partial charge in [-0.05, 0) is 117 Å². The minimum Gasteiger partial charge on any atom is -0.469 e. The molecule has 0 heterocycles. The molecule has 0 saturated carbocycles. The average molecular weight is 2100 g/mol. The van der Waals surface area contributed by atoms with Gasteiger partial charge in [-0.15, -0.1) is 0 Å². The van der Waals surface area contributed by atoms with Crippen LogP contribution in [0.4, 0.5) is 0 Å². The smallest absolute Gasteiger partial charge is 0.373 e. The Morgan fingerprint density at radius 2 is 0.432 bits per heavy atom. The number of nitrogens with one attached hydrogen (secondary N) is 5. The summed E-state index contributed by atoms with van der Waals surface area (Å²) in [7, 11) is 4.25. The Bertz CT molecular complexity index is 2850. The molecule has 0 aromatic heterocycles. The maximum absolute atomic E-state index is 13.3. The summed E-state index contributed by atoms with van der Waals surface area (Å²) < 4.78 is 66.8. The minimum absolute atomic E-state index is 0.0249. The van der Waals surface area contributed by atoms with Gasteiger partial charge in [-0.25, -0.2) is 0 Å². The van der Waals surface area contributed by atoms with Gasteiger partial charge < -0.3 is 106 Å². The predicted octanol–water partition coefficient (Wildman–Crippen LogP) is 11.2. The Labute approximate surface area is 875 Å². The second-order valence-electron chi connectivity index (χ2n) is 36.3. The van der Waals surface area contributed by atoms with Crippen molar-refractivity contribution in [1.29, 1.82) is 0 Å². The van der Waals surface area contributed by atoms with Gasteiger partial charge in [0, 0.05) is 142 Å². The molecule has 0 radical (unpaired) electrons. The molecule has 39 nitrogen and oxygen atoms in total. The van der Waals surface area contributed by atoms with Crippen molar-refractivity contribution in [1.82, 2.24) is 26.6 Å². The van der Waals surface area contributed by atoms with Crippen molar-refractivity contribution in [2.24, 2.45) is 5.73 Å². The minimum atomic E-state index is -1.07. The van der Waals surface area contributed by atoms with E-state index in [1.807, 2.05) is 20.8 Å². The van der Waals surface area contributed by atoms with Crippen LogP contribution in [0.25, 0.3) is 0 Å². The quantitative estimate of drug-likeness (QED) is 0.0155. The number of ketones is 4. The van der Waals surface area contributed by atoms with Crippen LogP contribution in [0.15, 0.2) is 0 Å². The summed E-state index contributed by atoms with van der Waals surface area (Å²) in [4.78, 5) is 195. The highest BCUT2D eigenvalue weighted by Gasteiger charge is 2.37. The second-order valence-corrected chi connectivity index (χ2v) is 36.3. The molecule has 0 aromatic carbocycles. The molecule has 39 heteroatoms. The molecule has 0 fully saturated rings. The Kier molecular flexibility index (Phi) is 125. The number of ether oxygens (including phenoxy) is 12. The van der Waals surface area contributed by atoms with Gasteiger partial charge in [0.1, 0.15) is 39.7 Å². The fourth-order valence-corrected chi connectivity index (χ4v) is 14.3. The van der Waals surface area contributed by atoms with Crippen LogP contribution in [-0.4, -0.2) is 285 Å². The normalized spacial score (nSPS) is 10.8. The summed E-state index contributed by atoms with van der Waals surface area (Å²) in [6, 6.07) is 0. The molecular weight excluding hydrogens is 1890 g/mol. The Hall–Kier alpha value is -7.94. The molecule has 0 bridgehead atoms. The molecule has 0 atom stereocenters. The van der Waals surface area contributed by atoms with Crippen LogP contribution in [0.2, 0.25) is 0 Å². The first-order chi connectivity index (χ1) is 70.6. The van der Waals surface area contributed by atoms with Gasteiger partial charge in [0.2, 0.25) is 29.5 Å². The van der Waals surface area contributed by atoms with Crippen LogP contribution < -0.4 is 49.5 Å². The third kappa shape index (κ3) is 115. The Morgan fingerprint density at radius 1 is 0.233 bits per heavy atom. The maximum Gasteiger partial charge on any atom is 0.373 e. The fourth-order valence-electron chi connectivity index (χ4n) is 14.3. The van der Waals surface area contributed by atoms with Crippen molar-refractivity contribution in [2.45, 2.75) is 418 Å². The standard InChI is InChI=1S/C40H74N2O9.C37H71N5O9.C23H45NO6.C4H11N.3CO2/c1-5-8-17-21-35(43)25-29-49-32-40(33-50-30-26-36(44)22-18-9-6-2,34-51-31-27-37(45)41-28-10-7-3)42-38(46)23-19-15-13-11-12-14-16-20-24-39(47)48-4;1-48-36(47)18-9-7-5-3-2-4-6-8-17-35(46)42-37(29-49-26-19-32(43)15-10-12-22-38,30-50-27-20-33(44)16-11-13-23-39)31-51-28-21-34(45)41-25-14-24-40;1-5-28-18-23(19-29-6-2,20-30-7-3)24-21(25)16-14-12-10-8-9-11-13-15-17-22(26)27-4;1-2-3-4-5;3*2-1-3/h5-34H2,1-4H3,(H,41,45)(H,42,46);2-31,38-40H2,1H3,(H,41,45)(H,42,46);5-20H2,1-4H3,(H,24,25);2-5H2,1H3;;;/p+3. The van der Waals surface area contributed by atoms with Crippen molar-refractivity contribution in [3.05, 3.63) is 0 Å². The number of carbonyl (C=O) groups is 12. The Balaban J connectivity index is -0.000000382. The molecule has 146 heavy (non-hydrogen) atoms. The van der Waals surface area contributed by atoms with E-state index in [1.165, 1.54) is 47.0 Å². The number of esters is 3. The summed E-state index contributed by atoms with van der Waals surface area (Å²) in [5.74, 6) is -0.386. The van der Waals surface area contributed by atoms with Gasteiger partial charge in [-0.2, -0.15) is 28.8 Å². The van der Waals surface area contributed by atoms with E-state index in [9.17, 15) is 57.5 Å². The number of unbranched alkanes of at least 4 members (excludes halogenated alkanes) is 29. The first-order valence-electron chi connectivity index (χ1n) is 54.6. The zero-order chi connectivity index (χ0) is 110. The van der Waals surface area contributed by atoms with E-state index >= 15 is 0 Å². The number of Topliss-reactive ketones (excluding diaryl/α,β-unsaturated/α-hetero) is 4. The van der Waals surface area contributed by atoms with Crippen LogP contribution in [0.3, 0.4) is 0 Å². The average Bonchev–Trinajstić information content (AvgIpc) is 0.682. The van der Waals surface area contributed by atoms with Gasteiger partial charge in [0.15, 0.2) is 0 Å². The van der Waals surface area contributed by atoms with E-state index in [1.54, 1.807) is 0 Å². The molecule has 0 aliphatic heterocycles. The van der Waals surface area contributed by atoms with Gasteiger partial charge in [0.05, 0.1) is 140 Å². The molecule has 5 amide bonds. The number of amides is 5. The lowest BCUT2D eigenvalue weighted by Crippen LogP contribution is -2.58. The van der Waals surface area contributed by atoms with Crippen LogP contribution in [-0.2, 0) is 143 Å². The number of quaternary nitrogens is 3. The fraction of sp³-hybridized carbons (Fsp3) is 0.860. The van der Waals surface area contributed by atoms with E-state index < -0.39 is 16.6 Å². The molecule has 0 aliphatic carbocycles. The molecule has 0 rings (SSSR count). The first-order valence-corrected chi connectivity index (χ1v) is 54.6. The molecule has 0 aromatic rings. The van der Waals surface area contributed by atoms with Crippen molar-refractivity contribution in [2.75, 3.05) is 180 Å². The first kappa shape index (κ1) is 151. The summed E-state index contributed by atoms with van der Waals surface area (Å²) in [5.41, 5.74) is 13.8. The zero-order valence-electron chi connectivity index (χ0n) is 92.3. The molecule has 0 spiro atoms. The lowest BCUT2D eigenvalue weighted by Gasteiger charge is -2.34. The second kappa shape index (κ2) is 121. The number of methoxy groups -OCH3 is 3. The van der Waals surface area contributed by atoms with Crippen LogP contribution in [0.1, 0.15) is 402 Å². The maximum atomic E-state index is 13.3. The highest BCUT2D eigenvalue weighted by molar-refractivity contribution is 5.81. The summed E-state index contributed by atoms with van der Waals surface area (Å²) in [6.07, 6.45) is 45.4. The van der Waals surface area contributed by atoms with Gasteiger partial charge >= 0.3 is 36.4 Å². The van der Waals surface area contributed by atoms with E-state index in [0.29, 0.717) is 130 Å². The number of carbonyl (C=O) groups excluding carboxylic acids is 18. The third-order valence-electron chi connectivity index (χ3n) is 22.8. The largest absolute Gasteiger partial charge is 0.469 e. The summed E-state index contributed by atoms with van der Waals surface area (Å²) in [6.45, 7) is 23.0. The lowest BCUT2D eigenvalue weighted by atomic mass is 10.0. The highest BCUT2D eigenvalue weighted by atomic mass is 16.5. The molecular formula is C107H204N9O30+3. The highest BCUT2D eigenvalue weighted by Crippen LogP contribution is 2.20. The van der Waals surface area contributed by atoms with E-state index in [-0.39, 0.29) is 194 Å². The zero-order valence-corrected chi connectivity index (χ0v) is 92.3. The van der Waals surface area contributed by atoms with Gasteiger partial charge in [0.25, 0.3) is 0 Å². The molecule has 16 N–H and O–H groups in total. The van der Waals surface area contributed by atoms with Crippen molar-refractivity contribution >= 4 is 89.0 Å².